The van der Waals surface area contributed by atoms with Crippen molar-refractivity contribution in [2.45, 2.75) is 0 Å². The Hall–Kier alpha value is -2.02. The van der Waals surface area contributed by atoms with E-state index >= 15 is 0 Å². The zero-order valence-electron chi connectivity index (χ0n) is 9.87. The Morgan fingerprint density at radius 3 is 2.35 bits per heavy atom. The minimum absolute atomic E-state index is 0.124. The molecule has 0 unspecified atom stereocenters. The second kappa shape index (κ2) is 4.52. The summed E-state index contributed by atoms with van der Waals surface area (Å²) in [4.78, 5) is 3.92. The van der Waals surface area contributed by atoms with Crippen LogP contribution >= 0.6 is 15.9 Å². The number of hydrogen-bond acceptors (Lipinski definition) is 2. The zero-order valence-corrected chi connectivity index (χ0v) is 11.5. The molecule has 0 aliphatic carbocycles. The van der Waals surface area contributed by atoms with Gasteiger partial charge in [-0.15, -0.1) is 0 Å². The number of rotatable bonds is 1. The minimum Gasteiger partial charge on any atom is -0.369 e. The van der Waals surface area contributed by atoms with Gasteiger partial charge >= 0.3 is 0 Å². The van der Waals surface area contributed by atoms with Crippen LogP contribution in [0.4, 0.5) is 19.1 Å². The summed E-state index contributed by atoms with van der Waals surface area (Å²) in [6.07, 6.45) is 0. The summed E-state index contributed by atoms with van der Waals surface area (Å²) in [5.41, 5.74) is 5.88. The van der Waals surface area contributed by atoms with Gasteiger partial charge in [0.05, 0.1) is 15.5 Å². The van der Waals surface area contributed by atoms with E-state index in [-0.39, 0.29) is 21.6 Å². The number of imidazole rings is 1. The first-order chi connectivity index (χ1) is 9.49. The van der Waals surface area contributed by atoms with Gasteiger partial charge < -0.3 is 5.73 Å². The monoisotopic (exact) mass is 341 g/mol. The highest BCUT2D eigenvalue weighted by Crippen LogP contribution is 2.30. The number of hydrogen-bond donors (Lipinski definition) is 1. The third kappa shape index (κ3) is 1.85. The Labute approximate surface area is 120 Å². The Kier molecular flexibility index (Phi) is 2.93. The lowest BCUT2D eigenvalue weighted by atomic mass is 10.2. The van der Waals surface area contributed by atoms with Crippen molar-refractivity contribution in [2.24, 2.45) is 0 Å². The van der Waals surface area contributed by atoms with Gasteiger partial charge in [0, 0.05) is 6.07 Å². The van der Waals surface area contributed by atoms with Gasteiger partial charge in [0.15, 0.2) is 0 Å². The van der Waals surface area contributed by atoms with Crippen LogP contribution in [0, 0.1) is 17.5 Å². The van der Waals surface area contributed by atoms with Gasteiger partial charge in [-0.1, -0.05) is 6.07 Å². The van der Waals surface area contributed by atoms with E-state index in [4.69, 9.17) is 5.73 Å². The molecule has 3 nitrogen and oxygen atoms in total. The van der Waals surface area contributed by atoms with Crippen molar-refractivity contribution >= 4 is 32.9 Å². The fraction of sp³-hybridized carbons (Fsp3) is 0. The van der Waals surface area contributed by atoms with Gasteiger partial charge in [-0.05, 0) is 34.1 Å². The second-order valence-corrected chi connectivity index (χ2v) is 4.99. The lowest BCUT2D eigenvalue weighted by molar-refractivity contribution is 0.572. The zero-order chi connectivity index (χ0) is 14.4. The highest BCUT2D eigenvalue weighted by molar-refractivity contribution is 9.10. The van der Waals surface area contributed by atoms with Crippen molar-refractivity contribution in [3.05, 3.63) is 52.3 Å². The molecule has 2 N–H and O–H groups in total. The number of aromatic nitrogens is 2. The average Bonchev–Trinajstić information content (AvgIpc) is 2.67. The molecule has 20 heavy (non-hydrogen) atoms. The number of benzene rings is 2. The van der Waals surface area contributed by atoms with Crippen molar-refractivity contribution in [3.8, 4) is 5.69 Å². The summed E-state index contributed by atoms with van der Waals surface area (Å²) in [6.45, 7) is 0. The van der Waals surface area contributed by atoms with Crippen molar-refractivity contribution < 1.29 is 13.2 Å². The highest BCUT2D eigenvalue weighted by atomic mass is 79.9. The van der Waals surface area contributed by atoms with Gasteiger partial charge in [-0.25, -0.2) is 18.2 Å². The van der Waals surface area contributed by atoms with Crippen LogP contribution in [0.5, 0.6) is 0 Å². The van der Waals surface area contributed by atoms with Crippen LogP contribution in [0.3, 0.4) is 0 Å². The molecule has 0 aliphatic rings. The first-order valence-corrected chi connectivity index (χ1v) is 6.35. The summed E-state index contributed by atoms with van der Waals surface area (Å²) < 4.78 is 42.5. The summed E-state index contributed by atoms with van der Waals surface area (Å²) in [5.74, 6) is -2.22. The predicted molar refractivity (Wildman–Crippen MR) is 73.1 cm³/mol. The summed E-state index contributed by atoms with van der Waals surface area (Å²) >= 11 is 3.02. The molecule has 3 rings (SSSR count). The van der Waals surface area contributed by atoms with Crippen molar-refractivity contribution in [1.29, 1.82) is 0 Å². The Morgan fingerprint density at radius 1 is 1.05 bits per heavy atom. The van der Waals surface area contributed by atoms with Gasteiger partial charge in [-0.2, -0.15) is 0 Å². The molecule has 7 heteroatoms. The van der Waals surface area contributed by atoms with Crippen LogP contribution in [0.25, 0.3) is 16.7 Å². The molecule has 0 amide bonds. The molecular weight excluding hydrogens is 335 g/mol. The fourth-order valence-electron chi connectivity index (χ4n) is 2.03. The molecule has 0 bridgehead atoms. The molecule has 0 radical (unpaired) electrons. The molecule has 0 atom stereocenters. The maximum Gasteiger partial charge on any atom is 0.206 e. The Bertz CT molecular complexity index is 809. The van der Waals surface area contributed by atoms with E-state index in [2.05, 4.69) is 20.9 Å². The first-order valence-electron chi connectivity index (χ1n) is 5.56. The Morgan fingerprint density at radius 2 is 1.70 bits per heavy atom. The van der Waals surface area contributed by atoms with E-state index in [9.17, 15) is 13.2 Å². The quantitative estimate of drug-likeness (QED) is 0.731. The number of para-hydroxylation sites is 1. The van der Waals surface area contributed by atoms with Crippen molar-refractivity contribution in [1.82, 2.24) is 9.55 Å². The summed E-state index contributed by atoms with van der Waals surface area (Å²) in [5, 5.41) is 0. The molecule has 0 aliphatic heterocycles. The van der Waals surface area contributed by atoms with E-state index in [1.54, 1.807) is 0 Å². The maximum atomic E-state index is 13.9. The molecule has 0 saturated carbocycles. The maximum absolute atomic E-state index is 13.9. The van der Waals surface area contributed by atoms with Crippen molar-refractivity contribution in [3.63, 3.8) is 0 Å². The lowest BCUT2D eigenvalue weighted by Gasteiger charge is -2.09. The number of anilines is 1. The van der Waals surface area contributed by atoms with Gasteiger partial charge in [-0.3, -0.25) is 4.57 Å². The van der Waals surface area contributed by atoms with Gasteiger partial charge in [0.1, 0.15) is 23.1 Å². The van der Waals surface area contributed by atoms with Crippen LogP contribution in [-0.4, -0.2) is 9.55 Å². The first kappa shape index (κ1) is 13.0. The normalized spacial score (nSPS) is 11.2. The topological polar surface area (TPSA) is 43.8 Å². The van der Waals surface area contributed by atoms with E-state index in [1.165, 1.54) is 12.1 Å². The third-order valence-corrected chi connectivity index (χ3v) is 3.49. The van der Waals surface area contributed by atoms with Crippen molar-refractivity contribution in [2.75, 3.05) is 5.73 Å². The second-order valence-electron chi connectivity index (χ2n) is 4.13. The van der Waals surface area contributed by atoms with Crippen LogP contribution in [0.2, 0.25) is 0 Å². The van der Waals surface area contributed by atoms with E-state index in [0.29, 0.717) is 5.52 Å². The van der Waals surface area contributed by atoms with E-state index in [1.807, 2.05) is 0 Å². The van der Waals surface area contributed by atoms with Crippen LogP contribution in [-0.2, 0) is 0 Å². The standard InChI is InChI=1S/C13H7BrF3N3/c14-6-4-11-10(5-9(6)17)19-13(18)20(11)12-7(15)2-1-3-8(12)16/h1-5H,(H2,18,19). The van der Waals surface area contributed by atoms with Crippen LogP contribution in [0.15, 0.2) is 34.8 Å². The van der Waals surface area contributed by atoms with Crippen LogP contribution < -0.4 is 5.73 Å². The molecule has 0 fully saturated rings. The van der Waals surface area contributed by atoms with E-state index < -0.39 is 17.5 Å². The summed E-state index contributed by atoms with van der Waals surface area (Å²) in [7, 11) is 0. The third-order valence-electron chi connectivity index (χ3n) is 2.88. The predicted octanol–water partition coefficient (Wildman–Crippen LogP) is 3.79. The van der Waals surface area contributed by atoms with Gasteiger partial charge in [0.2, 0.25) is 5.95 Å². The SMILES string of the molecule is Nc1nc2cc(F)c(Br)cc2n1-c1c(F)cccc1F. The molecule has 2 aromatic carbocycles. The number of nitrogens with zero attached hydrogens (tertiary/aromatic N) is 2. The molecule has 3 aromatic rings. The number of fused-ring (bicyclic) bond motifs is 1. The van der Waals surface area contributed by atoms with Crippen LogP contribution in [0.1, 0.15) is 0 Å². The molecule has 1 heterocycles. The lowest BCUT2D eigenvalue weighted by Crippen LogP contribution is -2.05. The largest absolute Gasteiger partial charge is 0.369 e. The van der Waals surface area contributed by atoms with Gasteiger partial charge in [0.25, 0.3) is 0 Å². The molecular formula is C13H7BrF3N3. The summed E-state index contributed by atoms with van der Waals surface area (Å²) in [6, 6.07) is 5.99. The Balaban J connectivity index is 2.42. The smallest absolute Gasteiger partial charge is 0.206 e. The molecule has 102 valence electrons. The number of halogens is 4. The minimum atomic E-state index is -0.781. The number of nitrogens with two attached hydrogens (primary N) is 1. The van der Waals surface area contributed by atoms with E-state index in [0.717, 1.165) is 22.8 Å². The molecule has 1 aromatic heterocycles. The average molecular weight is 342 g/mol. The molecule has 0 spiro atoms. The number of nitrogen functional groups attached to an aromatic ring is 1. The molecule has 0 saturated heterocycles. The fourth-order valence-corrected chi connectivity index (χ4v) is 2.36. The highest BCUT2D eigenvalue weighted by Gasteiger charge is 2.18.